The maximum atomic E-state index is 15.1. The van der Waals surface area contributed by atoms with Gasteiger partial charge in [0.15, 0.2) is 17.4 Å². The maximum Gasteiger partial charge on any atom is 0.420 e. The van der Waals surface area contributed by atoms with Gasteiger partial charge < -0.3 is 14.2 Å². The zero-order valence-corrected chi connectivity index (χ0v) is 27.6. The molecule has 0 radical (unpaired) electrons. The van der Waals surface area contributed by atoms with Crippen LogP contribution in [0.15, 0.2) is 54.9 Å². The first kappa shape index (κ1) is 33.2. The van der Waals surface area contributed by atoms with E-state index in [4.69, 9.17) is 24.3 Å². The molecule has 0 atom stereocenters. The standard InChI is InChI=1S/C35H38F2N6O4/c1-8-14-46-30-19-39-32(40-33(30)43(34(44)47-35(5,6)7)29-15-22(4)38-18-21(29)3)31-24-12-10-11-13-28(24)42(41-31)20-25-26(36)16-23(45-9-2)17-27(25)37/h10-13,15-19H,8-9,14,20H2,1-7H3. The molecule has 0 fully saturated rings. The van der Waals surface area contributed by atoms with Crippen LogP contribution >= 0.6 is 0 Å². The lowest BCUT2D eigenvalue weighted by atomic mass is 10.1. The second-order valence-corrected chi connectivity index (χ2v) is 12.0. The number of ether oxygens (including phenoxy) is 3. The van der Waals surface area contributed by atoms with Crippen LogP contribution in [-0.4, -0.2) is 49.6 Å². The van der Waals surface area contributed by atoms with Gasteiger partial charge in [0.25, 0.3) is 0 Å². The molecule has 0 unspecified atom stereocenters. The number of carbonyl (C=O) groups excluding carboxylic acids is 1. The second kappa shape index (κ2) is 13.7. The van der Waals surface area contributed by atoms with Gasteiger partial charge in [-0.05, 0) is 65.7 Å². The van der Waals surface area contributed by atoms with Crippen molar-refractivity contribution in [3.63, 3.8) is 0 Å². The number of aromatic nitrogens is 5. The molecule has 47 heavy (non-hydrogen) atoms. The summed E-state index contributed by atoms with van der Waals surface area (Å²) < 4.78 is 48.9. The van der Waals surface area contributed by atoms with Gasteiger partial charge in [0.05, 0.1) is 37.2 Å². The number of para-hydroxylation sites is 1. The molecule has 0 aliphatic heterocycles. The molecule has 5 aromatic rings. The molecular weight excluding hydrogens is 606 g/mol. The van der Waals surface area contributed by atoms with Gasteiger partial charge in [0.1, 0.15) is 28.7 Å². The molecule has 10 nitrogen and oxygen atoms in total. The van der Waals surface area contributed by atoms with Crippen molar-refractivity contribution < 1.29 is 27.8 Å². The van der Waals surface area contributed by atoms with E-state index in [0.29, 0.717) is 46.6 Å². The Balaban J connectivity index is 1.68. The first-order chi connectivity index (χ1) is 22.4. The summed E-state index contributed by atoms with van der Waals surface area (Å²) in [7, 11) is 0. The fourth-order valence-electron chi connectivity index (χ4n) is 4.95. The Kier molecular flexibility index (Phi) is 9.69. The summed E-state index contributed by atoms with van der Waals surface area (Å²) in [6, 6.07) is 11.3. The lowest BCUT2D eigenvalue weighted by molar-refractivity contribution is 0.0597. The lowest BCUT2D eigenvalue weighted by Crippen LogP contribution is -2.35. The van der Waals surface area contributed by atoms with Crippen LogP contribution in [0.5, 0.6) is 11.5 Å². The summed E-state index contributed by atoms with van der Waals surface area (Å²) in [5.41, 5.74) is 1.87. The third-order valence-corrected chi connectivity index (χ3v) is 7.04. The topological polar surface area (TPSA) is 104 Å². The van der Waals surface area contributed by atoms with Gasteiger partial charge in [-0.1, -0.05) is 25.1 Å². The Hall–Kier alpha value is -5.13. The van der Waals surface area contributed by atoms with Crippen molar-refractivity contribution in [2.45, 2.75) is 67.0 Å². The summed E-state index contributed by atoms with van der Waals surface area (Å²) in [6.45, 7) is 13.1. The summed E-state index contributed by atoms with van der Waals surface area (Å²) in [6.07, 6.45) is 3.20. The van der Waals surface area contributed by atoms with Crippen molar-refractivity contribution in [2.75, 3.05) is 18.1 Å². The second-order valence-electron chi connectivity index (χ2n) is 12.0. The number of nitrogens with zero attached hydrogens (tertiary/aromatic N) is 6. The molecule has 0 saturated carbocycles. The zero-order chi connectivity index (χ0) is 33.9. The first-order valence-corrected chi connectivity index (χ1v) is 15.4. The molecular formula is C35H38F2N6O4. The Morgan fingerprint density at radius 2 is 1.70 bits per heavy atom. The highest BCUT2D eigenvalue weighted by Crippen LogP contribution is 2.38. The molecule has 3 aromatic heterocycles. The summed E-state index contributed by atoms with van der Waals surface area (Å²) in [4.78, 5) is 29.1. The Morgan fingerprint density at radius 3 is 2.38 bits per heavy atom. The van der Waals surface area contributed by atoms with E-state index in [9.17, 15) is 4.79 Å². The molecule has 12 heteroatoms. The van der Waals surface area contributed by atoms with Gasteiger partial charge >= 0.3 is 6.09 Å². The lowest BCUT2D eigenvalue weighted by Gasteiger charge is -2.29. The van der Waals surface area contributed by atoms with Crippen LogP contribution in [0.2, 0.25) is 0 Å². The normalized spacial score (nSPS) is 11.5. The molecule has 0 saturated heterocycles. The van der Waals surface area contributed by atoms with E-state index in [-0.39, 0.29) is 41.9 Å². The summed E-state index contributed by atoms with van der Waals surface area (Å²) in [5, 5.41) is 5.38. The minimum Gasteiger partial charge on any atom is -0.494 e. The monoisotopic (exact) mass is 644 g/mol. The molecule has 0 bridgehead atoms. The van der Waals surface area contributed by atoms with Crippen LogP contribution in [0.1, 0.15) is 57.9 Å². The highest BCUT2D eigenvalue weighted by molar-refractivity contribution is 5.98. The first-order valence-electron chi connectivity index (χ1n) is 15.4. The molecule has 2 aromatic carbocycles. The fourth-order valence-corrected chi connectivity index (χ4v) is 4.95. The molecule has 246 valence electrons. The van der Waals surface area contributed by atoms with Crippen LogP contribution in [0.3, 0.4) is 0 Å². The maximum absolute atomic E-state index is 15.1. The van der Waals surface area contributed by atoms with Gasteiger partial charge in [-0.15, -0.1) is 0 Å². The number of hydrogen-bond donors (Lipinski definition) is 0. The van der Waals surface area contributed by atoms with Gasteiger partial charge in [0, 0.05) is 35.0 Å². The predicted octanol–water partition coefficient (Wildman–Crippen LogP) is 8.09. The van der Waals surface area contributed by atoms with Crippen molar-refractivity contribution in [3.05, 3.63) is 83.3 Å². The van der Waals surface area contributed by atoms with E-state index < -0.39 is 23.3 Å². The minimum atomic E-state index is -0.813. The quantitative estimate of drug-likeness (QED) is 0.150. The number of halogens is 2. The van der Waals surface area contributed by atoms with Gasteiger partial charge in [-0.2, -0.15) is 5.10 Å². The van der Waals surface area contributed by atoms with E-state index in [2.05, 4.69) is 9.97 Å². The van der Waals surface area contributed by atoms with E-state index in [1.807, 2.05) is 39.0 Å². The summed E-state index contributed by atoms with van der Waals surface area (Å²) in [5.74, 6) is -0.810. The smallest absolute Gasteiger partial charge is 0.420 e. The van der Waals surface area contributed by atoms with E-state index in [1.54, 1.807) is 46.0 Å². The largest absolute Gasteiger partial charge is 0.494 e. The summed E-state index contributed by atoms with van der Waals surface area (Å²) >= 11 is 0. The Bertz CT molecular complexity index is 1900. The average molecular weight is 645 g/mol. The molecule has 3 heterocycles. The number of carbonyl (C=O) groups is 1. The van der Waals surface area contributed by atoms with Crippen molar-refractivity contribution >= 4 is 28.5 Å². The number of amides is 1. The molecule has 0 aliphatic rings. The van der Waals surface area contributed by atoms with E-state index in [1.165, 1.54) is 15.8 Å². The van der Waals surface area contributed by atoms with E-state index >= 15 is 8.78 Å². The van der Waals surface area contributed by atoms with Crippen LogP contribution in [0.25, 0.3) is 22.4 Å². The number of pyridine rings is 1. The molecule has 0 N–H and O–H groups in total. The van der Waals surface area contributed by atoms with Crippen LogP contribution < -0.4 is 14.4 Å². The molecule has 5 rings (SSSR count). The van der Waals surface area contributed by atoms with Crippen molar-refractivity contribution in [3.8, 4) is 23.0 Å². The molecule has 1 amide bonds. The highest BCUT2D eigenvalue weighted by Gasteiger charge is 2.31. The van der Waals surface area contributed by atoms with Crippen LogP contribution in [-0.2, 0) is 11.3 Å². The number of fused-ring (bicyclic) bond motifs is 1. The average Bonchev–Trinajstić information content (AvgIpc) is 3.38. The Morgan fingerprint density at radius 1 is 0.979 bits per heavy atom. The number of hydrogen-bond acceptors (Lipinski definition) is 8. The van der Waals surface area contributed by atoms with Crippen LogP contribution in [0.4, 0.5) is 25.1 Å². The molecule has 0 aliphatic carbocycles. The van der Waals surface area contributed by atoms with Crippen molar-refractivity contribution in [1.29, 1.82) is 0 Å². The minimum absolute atomic E-state index is 0.109. The van der Waals surface area contributed by atoms with Crippen molar-refractivity contribution in [1.82, 2.24) is 24.7 Å². The van der Waals surface area contributed by atoms with Gasteiger partial charge in [0.2, 0.25) is 0 Å². The Labute approximate surface area is 272 Å². The van der Waals surface area contributed by atoms with Crippen LogP contribution in [0, 0.1) is 25.5 Å². The van der Waals surface area contributed by atoms with E-state index in [0.717, 1.165) is 12.1 Å². The van der Waals surface area contributed by atoms with Gasteiger partial charge in [-0.3, -0.25) is 9.67 Å². The SMILES string of the molecule is CCCOc1cnc(-c2nn(Cc3c(F)cc(OCC)cc3F)c3ccccc23)nc1N(C(=O)OC(C)(C)C)c1cc(C)ncc1C. The third kappa shape index (κ3) is 7.32. The number of rotatable bonds is 10. The number of benzene rings is 2. The van der Waals surface area contributed by atoms with Gasteiger partial charge in [-0.25, -0.2) is 28.4 Å². The third-order valence-electron chi connectivity index (χ3n) is 7.04. The zero-order valence-electron chi connectivity index (χ0n) is 27.6. The predicted molar refractivity (Wildman–Crippen MR) is 175 cm³/mol. The number of aryl methyl sites for hydroxylation is 2. The fraction of sp³-hybridized carbons (Fsp3) is 0.343. The molecule has 0 spiro atoms. The van der Waals surface area contributed by atoms with Crippen molar-refractivity contribution in [2.24, 2.45) is 0 Å². The number of anilines is 2. The highest BCUT2D eigenvalue weighted by atomic mass is 19.1.